The number of rotatable bonds is 4. The Balaban J connectivity index is 2.06. The molecule has 1 atom stereocenters. The van der Waals surface area contributed by atoms with Gasteiger partial charge in [0.15, 0.2) is 5.76 Å². The summed E-state index contributed by atoms with van der Waals surface area (Å²) in [4.78, 5) is 23.2. The molecule has 0 radical (unpaired) electrons. The predicted octanol–water partition coefficient (Wildman–Crippen LogP) is 1.98. The number of nitrogens with one attached hydrogen (secondary N) is 1. The van der Waals surface area contributed by atoms with Gasteiger partial charge >= 0.3 is 0 Å². The Morgan fingerprint density at radius 3 is 2.39 bits per heavy atom. The van der Waals surface area contributed by atoms with Crippen LogP contribution in [0.1, 0.15) is 40.8 Å². The lowest BCUT2D eigenvalue weighted by atomic mass is 10.1. The van der Waals surface area contributed by atoms with Crippen LogP contribution in [0.15, 0.2) is 40.8 Å². The summed E-state index contributed by atoms with van der Waals surface area (Å²) in [6, 6.07) is 9.77. The Morgan fingerprint density at radius 1 is 1.17 bits per heavy atom. The van der Waals surface area contributed by atoms with Crippen molar-refractivity contribution in [1.82, 2.24) is 5.32 Å². The minimum atomic E-state index is -0.663. The fraction of sp³-hybridized carbons (Fsp3) is 0.222. The Kier molecular flexibility index (Phi) is 5.21. The molecule has 1 heterocycles. The molecule has 3 N–H and O–H groups in total. The van der Waals surface area contributed by atoms with Gasteiger partial charge in [-0.25, -0.2) is 0 Å². The van der Waals surface area contributed by atoms with Crippen molar-refractivity contribution in [3.8, 4) is 11.8 Å². The first-order chi connectivity index (χ1) is 11.0. The number of furan rings is 1. The van der Waals surface area contributed by atoms with E-state index in [1.165, 1.54) is 0 Å². The summed E-state index contributed by atoms with van der Waals surface area (Å²) in [5, 5.41) is 2.60. The number of nitrogens with two attached hydrogens (primary N) is 1. The van der Waals surface area contributed by atoms with Gasteiger partial charge in [0, 0.05) is 11.1 Å². The fourth-order valence-corrected chi connectivity index (χ4v) is 1.96. The first-order valence-corrected chi connectivity index (χ1v) is 7.28. The van der Waals surface area contributed by atoms with Crippen LogP contribution in [-0.2, 0) is 4.79 Å². The Morgan fingerprint density at radius 2 is 1.87 bits per heavy atom. The number of aryl methyl sites for hydroxylation is 1. The van der Waals surface area contributed by atoms with Gasteiger partial charge in [-0.1, -0.05) is 12.8 Å². The zero-order chi connectivity index (χ0) is 16.8. The molecule has 0 bridgehead atoms. The number of benzene rings is 1. The SMILES string of the molecule is CC[C@@H](NC(=O)c1ccc(C#Cc2ccc(C)o2)cc1)C(N)=O. The van der Waals surface area contributed by atoms with E-state index in [0.29, 0.717) is 17.7 Å². The van der Waals surface area contributed by atoms with Gasteiger partial charge in [0.1, 0.15) is 11.8 Å². The van der Waals surface area contributed by atoms with Crippen LogP contribution >= 0.6 is 0 Å². The first kappa shape index (κ1) is 16.4. The summed E-state index contributed by atoms with van der Waals surface area (Å²) in [6.45, 7) is 3.64. The third-order valence-electron chi connectivity index (χ3n) is 3.27. The van der Waals surface area contributed by atoms with E-state index in [4.69, 9.17) is 10.2 Å². The largest absolute Gasteiger partial charge is 0.453 e. The summed E-state index contributed by atoms with van der Waals surface area (Å²) in [7, 11) is 0. The van der Waals surface area contributed by atoms with Gasteiger partial charge in [-0.15, -0.1) is 0 Å². The topological polar surface area (TPSA) is 85.3 Å². The standard InChI is InChI=1S/C18H18N2O3/c1-3-16(17(19)21)20-18(22)14-8-5-13(6-9-14)7-11-15-10-4-12(2)23-15/h4-6,8-10,16H,3H2,1-2H3,(H2,19,21)(H,20,22)/t16-/m1/s1. The van der Waals surface area contributed by atoms with E-state index in [-0.39, 0.29) is 5.91 Å². The van der Waals surface area contributed by atoms with Crippen LogP contribution in [0.4, 0.5) is 0 Å². The maximum Gasteiger partial charge on any atom is 0.251 e. The van der Waals surface area contributed by atoms with Crippen LogP contribution in [0.2, 0.25) is 0 Å². The normalized spacial score (nSPS) is 11.2. The van der Waals surface area contributed by atoms with E-state index < -0.39 is 11.9 Å². The third-order valence-corrected chi connectivity index (χ3v) is 3.27. The van der Waals surface area contributed by atoms with E-state index in [0.717, 1.165) is 11.3 Å². The average molecular weight is 310 g/mol. The summed E-state index contributed by atoms with van der Waals surface area (Å²) in [6.07, 6.45) is 0.452. The van der Waals surface area contributed by atoms with E-state index in [1.807, 2.05) is 13.0 Å². The maximum atomic E-state index is 12.0. The molecule has 0 aliphatic carbocycles. The molecule has 0 unspecified atom stereocenters. The van der Waals surface area contributed by atoms with Gasteiger partial charge in [0.05, 0.1) is 0 Å². The molecule has 2 amide bonds. The molecule has 1 aromatic heterocycles. The maximum absolute atomic E-state index is 12.0. The summed E-state index contributed by atoms with van der Waals surface area (Å²) >= 11 is 0. The van der Waals surface area contributed by atoms with Crippen molar-refractivity contribution >= 4 is 11.8 Å². The van der Waals surface area contributed by atoms with Crippen molar-refractivity contribution in [2.75, 3.05) is 0 Å². The van der Waals surface area contributed by atoms with Gasteiger partial charge in [-0.2, -0.15) is 0 Å². The lowest BCUT2D eigenvalue weighted by Gasteiger charge is -2.13. The van der Waals surface area contributed by atoms with Crippen LogP contribution in [0, 0.1) is 18.8 Å². The van der Waals surface area contributed by atoms with Crippen molar-refractivity contribution in [2.24, 2.45) is 5.73 Å². The van der Waals surface area contributed by atoms with E-state index in [9.17, 15) is 9.59 Å². The predicted molar refractivity (Wildman–Crippen MR) is 86.6 cm³/mol. The lowest BCUT2D eigenvalue weighted by molar-refractivity contribution is -0.119. The highest BCUT2D eigenvalue weighted by Gasteiger charge is 2.16. The van der Waals surface area contributed by atoms with Crippen LogP contribution < -0.4 is 11.1 Å². The second kappa shape index (κ2) is 7.32. The third kappa shape index (κ3) is 4.48. The number of amides is 2. The number of carbonyl (C=O) groups excluding carboxylic acids is 2. The molecule has 0 aliphatic rings. The summed E-state index contributed by atoms with van der Waals surface area (Å²) in [5.41, 5.74) is 6.42. The second-order valence-electron chi connectivity index (χ2n) is 5.07. The number of hydrogen-bond donors (Lipinski definition) is 2. The molecule has 118 valence electrons. The molecular weight excluding hydrogens is 292 g/mol. The quantitative estimate of drug-likeness (QED) is 0.847. The van der Waals surface area contributed by atoms with E-state index in [1.54, 1.807) is 37.3 Å². The minimum absolute atomic E-state index is 0.336. The molecule has 1 aromatic carbocycles. The molecule has 2 rings (SSSR count). The van der Waals surface area contributed by atoms with Crippen molar-refractivity contribution < 1.29 is 14.0 Å². The molecule has 23 heavy (non-hydrogen) atoms. The van der Waals surface area contributed by atoms with Crippen LogP contribution in [0.3, 0.4) is 0 Å². The molecule has 5 nitrogen and oxygen atoms in total. The zero-order valence-corrected chi connectivity index (χ0v) is 13.1. The molecule has 2 aromatic rings. The number of primary amides is 1. The van der Waals surface area contributed by atoms with E-state index >= 15 is 0 Å². The second-order valence-corrected chi connectivity index (χ2v) is 5.07. The monoisotopic (exact) mass is 310 g/mol. The van der Waals surface area contributed by atoms with Gasteiger partial charge in [-0.3, -0.25) is 9.59 Å². The molecule has 0 aliphatic heterocycles. The summed E-state index contributed by atoms with van der Waals surface area (Å²) < 4.78 is 5.36. The van der Waals surface area contributed by atoms with Crippen LogP contribution in [0.25, 0.3) is 0 Å². The molecular formula is C18H18N2O3. The first-order valence-electron chi connectivity index (χ1n) is 7.28. The molecule has 5 heteroatoms. The smallest absolute Gasteiger partial charge is 0.251 e. The van der Waals surface area contributed by atoms with Crippen molar-refractivity contribution in [1.29, 1.82) is 0 Å². The van der Waals surface area contributed by atoms with Crippen LogP contribution in [-0.4, -0.2) is 17.9 Å². The summed E-state index contributed by atoms with van der Waals surface area (Å²) in [5.74, 6) is 6.39. The van der Waals surface area contributed by atoms with Gasteiger partial charge in [0.2, 0.25) is 5.91 Å². The van der Waals surface area contributed by atoms with E-state index in [2.05, 4.69) is 17.2 Å². The molecule has 0 saturated carbocycles. The van der Waals surface area contributed by atoms with Crippen molar-refractivity contribution in [3.63, 3.8) is 0 Å². The lowest BCUT2D eigenvalue weighted by Crippen LogP contribution is -2.43. The molecule has 0 fully saturated rings. The zero-order valence-electron chi connectivity index (χ0n) is 13.1. The van der Waals surface area contributed by atoms with Gasteiger partial charge in [-0.05, 0) is 55.7 Å². The fourth-order valence-electron chi connectivity index (χ4n) is 1.96. The van der Waals surface area contributed by atoms with Gasteiger partial charge < -0.3 is 15.5 Å². The highest BCUT2D eigenvalue weighted by molar-refractivity contribution is 5.97. The Bertz CT molecular complexity index is 764. The van der Waals surface area contributed by atoms with Crippen molar-refractivity contribution in [3.05, 3.63) is 59.0 Å². The van der Waals surface area contributed by atoms with Crippen LogP contribution in [0.5, 0.6) is 0 Å². The van der Waals surface area contributed by atoms with Crippen molar-refractivity contribution in [2.45, 2.75) is 26.3 Å². The highest BCUT2D eigenvalue weighted by Crippen LogP contribution is 2.07. The molecule has 0 saturated heterocycles. The number of carbonyl (C=O) groups is 2. The average Bonchev–Trinajstić information content (AvgIpc) is 2.96. The Hall–Kier alpha value is -3.00. The highest BCUT2D eigenvalue weighted by atomic mass is 16.3. The molecule has 0 spiro atoms. The minimum Gasteiger partial charge on any atom is -0.453 e. The van der Waals surface area contributed by atoms with Gasteiger partial charge in [0.25, 0.3) is 5.91 Å². The number of hydrogen-bond acceptors (Lipinski definition) is 3. The Labute approximate surface area is 134 Å².